The molecule has 0 aliphatic carbocycles. The molecule has 4 aromatic rings. The van der Waals surface area contributed by atoms with E-state index in [1.54, 1.807) is 42.5 Å². The first-order valence-corrected chi connectivity index (χ1v) is 9.21. The van der Waals surface area contributed by atoms with Crippen LogP contribution in [-0.2, 0) is 6.61 Å². The molecule has 0 unspecified atom stereocenters. The van der Waals surface area contributed by atoms with Crippen molar-refractivity contribution in [1.82, 2.24) is 4.98 Å². The smallest absolute Gasteiger partial charge is 0.295 e. The second kappa shape index (κ2) is 8.16. The molecule has 0 fully saturated rings. The zero-order valence-electron chi connectivity index (χ0n) is 15.2. The predicted molar refractivity (Wildman–Crippen MR) is 111 cm³/mol. The van der Waals surface area contributed by atoms with Gasteiger partial charge in [0.1, 0.15) is 12.4 Å². The fourth-order valence-corrected chi connectivity index (χ4v) is 3.03. The Morgan fingerprint density at radius 2 is 1.72 bits per heavy atom. The van der Waals surface area contributed by atoms with Crippen molar-refractivity contribution in [3.05, 3.63) is 88.9 Å². The number of carbonyl (C=O) groups excluding carboxylic acids is 1. The third kappa shape index (κ3) is 4.12. The lowest BCUT2D eigenvalue weighted by atomic mass is 10.2. The molecule has 1 amide bonds. The van der Waals surface area contributed by atoms with Crippen LogP contribution in [0.1, 0.15) is 15.9 Å². The summed E-state index contributed by atoms with van der Waals surface area (Å²) in [7, 11) is 0. The van der Waals surface area contributed by atoms with Crippen LogP contribution in [0.3, 0.4) is 0 Å². The third-order valence-corrected chi connectivity index (χ3v) is 4.72. The first-order chi connectivity index (χ1) is 14.1. The molecule has 4 rings (SSSR count). The molecule has 0 aliphatic heterocycles. The summed E-state index contributed by atoms with van der Waals surface area (Å²) in [6, 6.07) is 21.3. The lowest BCUT2D eigenvalue weighted by Gasteiger charge is -2.07. The summed E-state index contributed by atoms with van der Waals surface area (Å²) in [6.45, 7) is 0.326. The average Bonchev–Trinajstić information content (AvgIpc) is 3.07. The van der Waals surface area contributed by atoms with Crippen molar-refractivity contribution in [1.29, 1.82) is 0 Å². The van der Waals surface area contributed by atoms with Gasteiger partial charge >= 0.3 is 0 Å². The number of nitrogens with one attached hydrogen (secondary N) is 1. The number of nitrogens with zero attached hydrogens (tertiary/aromatic N) is 2. The third-order valence-electron chi connectivity index (χ3n) is 4.35. The van der Waals surface area contributed by atoms with E-state index < -0.39 is 5.91 Å². The fraction of sp³-hybridized carbons (Fsp3) is 0.0455. The van der Waals surface area contributed by atoms with Crippen LogP contribution in [0.2, 0.25) is 5.02 Å². The van der Waals surface area contributed by atoms with Crippen molar-refractivity contribution in [2.45, 2.75) is 6.61 Å². The van der Waals surface area contributed by atoms with Gasteiger partial charge in [0.25, 0.3) is 5.91 Å². The van der Waals surface area contributed by atoms with Gasteiger partial charge in [-0.05, 0) is 36.4 Å². The molecule has 0 spiro atoms. The van der Waals surface area contributed by atoms with E-state index in [1.807, 2.05) is 30.3 Å². The maximum absolute atomic E-state index is 12.3. The van der Waals surface area contributed by atoms with Gasteiger partial charge in [-0.3, -0.25) is 4.79 Å². The minimum absolute atomic E-state index is 0.133. The number of para-hydroxylation sites is 1. The standard InChI is InChI=1S/C22H16ClN3O3/c23-18-7-3-1-5-15(18)13-29-16-11-9-14(10-12-16)21(27)26-25-20-17-6-2-4-8-19(17)24-22(20)28/h1-12,24,28H,13H2. The maximum Gasteiger partial charge on any atom is 0.295 e. The van der Waals surface area contributed by atoms with E-state index in [0.717, 1.165) is 5.56 Å². The molecule has 0 atom stereocenters. The number of halogens is 1. The Hall–Kier alpha value is -3.64. The Kier molecular flexibility index (Phi) is 5.27. The van der Waals surface area contributed by atoms with Crippen LogP contribution in [0.25, 0.3) is 10.9 Å². The minimum atomic E-state index is -0.521. The number of ether oxygens (including phenoxy) is 1. The van der Waals surface area contributed by atoms with Crippen LogP contribution < -0.4 is 4.74 Å². The SMILES string of the molecule is O=C(N=Nc1c(O)[nH]c2ccccc12)c1ccc(OCc2ccccc2Cl)cc1. The predicted octanol–water partition coefficient (Wildman–Crippen LogP) is 6.03. The van der Waals surface area contributed by atoms with Gasteiger partial charge in [0.05, 0.1) is 5.52 Å². The van der Waals surface area contributed by atoms with E-state index >= 15 is 0 Å². The van der Waals surface area contributed by atoms with E-state index in [1.165, 1.54) is 0 Å². The Morgan fingerprint density at radius 1 is 1.00 bits per heavy atom. The van der Waals surface area contributed by atoms with Crippen molar-refractivity contribution in [2.24, 2.45) is 10.2 Å². The molecule has 2 N–H and O–H groups in total. The van der Waals surface area contributed by atoms with Crippen molar-refractivity contribution < 1.29 is 14.6 Å². The number of hydrogen-bond acceptors (Lipinski definition) is 4. The Morgan fingerprint density at radius 3 is 2.52 bits per heavy atom. The lowest BCUT2D eigenvalue weighted by molar-refractivity contribution is 0.0995. The van der Waals surface area contributed by atoms with Crippen LogP contribution in [0.5, 0.6) is 11.6 Å². The summed E-state index contributed by atoms with van der Waals surface area (Å²) in [5.74, 6) is -0.0499. The monoisotopic (exact) mass is 405 g/mol. The number of azo groups is 1. The van der Waals surface area contributed by atoms with Crippen LogP contribution in [0.15, 0.2) is 83.0 Å². The summed E-state index contributed by atoms with van der Waals surface area (Å²) >= 11 is 6.11. The quantitative estimate of drug-likeness (QED) is 0.397. The number of rotatable bonds is 5. The molecular formula is C22H16ClN3O3. The average molecular weight is 406 g/mol. The van der Waals surface area contributed by atoms with Crippen molar-refractivity contribution in [3.8, 4) is 11.6 Å². The summed E-state index contributed by atoms with van der Waals surface area (Å²) in [5, 5.41) is 19.0. The number of H-pyrrole nitrogens is 1. The Balaban J connectivity index is 1.44. The van der Waals surface area contributed by atoms with E-state index in [9.17, 15) is 9.90 Å². The second-order valence-electron chi connectivity index (χ2n) is 6.28. The van der Waals surface area contributed by atoms with Gasteiger partial charge in [0, 0.05) is 21.5 Å². The summed E-state index contributed by atoms with van der Waals surface area (Å²) in [4.78, 5) is 15.1. The second-order valence-corrected chi connectivity index (χ2v) is 6.68. The molecule has 0 aliphatic rings. The van der Waals surface area contributed by atoms with Crippen LogP contribution in [0, 0.1) is 0 Å². The van der Waals surface area contributed by atoms with Gasteiger partial charge in [0.15, 0.2) is 5.69 Å². The van der Waals surface area contributed by atoms with E-state index in [0.29, 0.717) is 33.8 Å². The first kappa shape index (κ1) is 18.7. The van der Waals surface area contributed by atoms with E-state index in [2.05, 4.69) is 15.2 Å². The number of fused-ring (bicyclic) bond motifs is 1. The first-order valence-electron chi connectivity index (χ1n) is 8.84. The summed E-state index contributed by atoms with van der Waals surface area (Å²) in [6.07, 6.45) is 0. The number of amides is 1. The number of aromatic nitrogens is 1. The highest BCUT2D eigenvalue weighted by Gasteiger charge is 2.11. The van der Waals surface area contributed by atoms with Gasteiger partial charge in [-0.1, -0.05) is 48.0 Å². The van der Waals surface area contributed by atoms with Gasteiger partial charge in [-0.2, -0.15) is 0 Å². The Labute approximate surface area is 171 Å². The molecule has 144 valence electrons. The molecule has 0 bridgehead atoms. The lowest BCUT2D eigenvalue weighted by Crippen LogP contribution is -1.97. The van der Waals surface area contributed by atoms with Crippen molar-refractivity contribution >= 4 is 34.1 Å². The van der Waals surface area contributed by atoms with Gasteiger partial charge in [0.2, 0.25) is 5.88 Å². The van der Waals surface area contributed by atoms with Crippen LogP contribution in [0.4, 0.5) is 5.69 Å². The van der Waals surface area contributed by atoms with E-state index in [4.69, 9.17) is 16.3 Å². The minimum Gasteiger partial charge on any atom is -0.493 e. The van der Waals surface area contributed by atoms with Crippen molar-refractivity contribution in [2.75, 3.05) is 0 Å². The molecular weight excluding hydrogens is 390 g/mol. The van der Waals surface area contributed by atoms with Crippen LogP contribution in [-0.4, -0.2) is 16.0 Å². The number of hydrogen-bond donors (Lipinski definition) is 2. The van der Waals surface area contributed by atoms with Crippen molar-refractivity contribution in [3.63, 3.8) is 0 Å². The number of aromatic amines is 1. The Bertz CT molecular complexity index is 1200. The highest BCUT2D eigenvalue weighted by molar-refractivity contribution is 6.31. The molecule has 6 nitrogen and oxygen atoms in total. The summed E-state index contributed by atoms with van der Waals surface area (Å²) < 4.78 is 5.70. The molecule has 29 heavy (non-hydrogen) atoms. The van der Waals surface area contributed by atoms with Gasteiger partial charge < -0.3 is 14.8 Å². The molecule has 7 heteroatoms. The molecule has 0 saturated carbocycles. The largest absolute Gasteiger partial charge is 0.493 e. The maximum atomic E-state index is 12.3. The molecule has 1 heterocycles. The number of carbonyl (C=O) groups is 1. The van der Waals surface area contributed by atoms with Crippen LogP contribution >= 0.6 is 11.6 Å². The molecule has 0 radical (unpaired) electrons. The van der Waals surface area contributed by atoms with Gasteiger partial charge in [-0.15, -0.1) is 10.2 Å². The number of aromatic hydroxyl groups is 1. The molecule has 3 aromatic carbocycles. The van der Waals surface area contributed by atoms with E-state index in [-0.39, 0.29) is 11.6 Å². The molecule has 1 aromatic heterocycles. The zero-order chi connectivity index (χ0) is 20.2. The number of benzene rings is 3. The fourth-order valence-electron chi connectivity index (χ4n) is 2.84. The zero-order valence-corrected chi connectivity index (χ0v) is 15.9. The highest BCUT2D eigenvalue weighted by Crippen LogP contribution is 2.35. The molecule has 0 saturated heterocycles. The summed E-state index contributed by atoms with van der Waals surface area (Å²) in [5.41, 5.74) is 2.18. The highest BCUT2D eigenvalue weighted by atomic mass is 35.5. The normalized spacial score (nSPS) is 11.2. The topological polar surface area (TPSA) is 87.0 Å². The van der Waals surface area contributed by atoms with Gasteiger partial charge in [-0.25, -0.2) is 0 Å².